The van der Waals surface area contributed by atoms with Crippen molar-refractivity contribution in [3.8, 4) is 0 Å². The first-order chi connectivity index (χ1) is 5.74. The van der Waals surface area contributed by atoms with Gasteiger partial charge in [-0.2, -0.15) is 0 Å². The zero-order valence-electron chi connectivity index (χ0n) is 7.73. The summed E-state index contributed by atoms with van der Waals surface area (Å²) >= 11 is 0. The highest BCUT2D eigenvalue weighted by Gasteiger charge is 1.95. The molecule has 0 atom stereocenters. The van der Waals surface area contributed by atoms with Crippen LogP contribution in [0.1, 0.15) is 23.1 Å². The van der Waals surface area contributed by atoms with Crippen LogP contribution in [0, 0.1) is 13.8 Å². The molecule has 0 aromatic heterocycles. The molecule has 0 saturated heterocycles. The van der Waals surface area contributed by atoms with E-state index in [0.29, 0.717) is 6.42 Å². The van der Waals surface area contributed by atoms with Gasteiger partial charge in [0.05, 0.1) is 6.67 Å². The molecule has 0 N–H and O–H groups in total. The van der Waals surface area contributed by atoms with E-state index in [0.717, 1.165) is 6.42 Å². The molecule has 12 heavy (non-hydrogen) atoms. The monoisotopic (exact) mass is 166 g/mol. The lowest BCUT2D eigenvalue weighted by atomic mass is 10.0. The molecule has 0 saturated carbocycles. The van der Waals surface area contributed by atoms with E-state index in [1.165, 1.54) is 16.7 Å². The van der Waals surface area contributed by atoms with Gasteiger partial charge in [0, 0.05) is 0 Å². The molecule has 1 aromatic rings. The van der Waals surface area contributed by atoms with Crippen LogP contribution in [0.15, 0.2) is 18.2 Å². The maximum atomic E-state index is 11.9. The molecule has 0 unspecified atom stereocenters. The molecule has 0 bridgehead atoms. The Morgan fingerprint density at radius 2 is 1.92 bits per heavy atom. The second kappa shape index (κ2) is 4.24. The Labute approximate surface area is 73.4 Å². The first-order valence-electron chi connectivity index (χ1n) is 4.36. The maximum absolute atomic E-state index is 11.9. The molecule has 0 nitrogen and oxygen atoms in total. The number of hydrogen-bond acceptors (Lipinski definition) is 0. The highest BCUT2D eigenvalue weighted by molar-refractivity contribution is 5.29. The normalized spacial score (nSPS) is 10.2. The fourth-order valence-corrected chi connectivity index (χ4v) is 1.23. The summed E-state index contributed by atoms with van der Waals surface area (Å²) in [5.74, 6) is 0. The van der Waals surface area contributed by atoms with Gasteiger partial charge in [-0.05, 0) is 43.4 Å². The SMILES string of the molecule is Cc1ccc(CCCF)cc1C. The van der Waals surface area contributed by atoms with Gasteiger partial charge in [-0.1, -0.05) is 18.2 Å². The average molecular weight is 166 g/mol. The molecule has 1 heteroatoms. The highest BCUT2D eigenvalue weighted by atomic mass is 19.1. The summed E-state index contributed by atoms with van der Waals surface area (Å²) in [6.45, 7) is 3.97. The first-order valence-corrected chi connectivity index (χ1v) is 4.36. The standard InChI is InChI=1S/C11H15F/c1-9-5-6-11(4-3-7-12)8-10(9)2/h5-6,8H,3-4,7H2,1-2H3. The van der Waals surface area contributed by atoms with E-state index in [1.807, 2.05) is 0 Å². The third-order valence-electron chi connectivity index (χ3n) is 2.17. The molecule has 1 rings (SSSR count). The van der Waals surface area contributed by atoms with Crippen LogP contribution in [0.3, 0.4) is 0 Å². The zero-order valence-corrected chi connectivity index (χ0v) is 7.73. The highest BCUT2D eigenvalue weighted by Crippen LogP contribution is 2.11. The number of hydrogen-bond donors (Lipinski definition) is 0. The van der Waals surface area contributed by atoms with Crippen molar-refractivity contribution in [1.29, 1.82) is 0 Å². The average Bonchev–Trinajstić information content (AvgIpc) is 2.07. The van der Waals surface area contributed by atoms with E-state index in [4.69, 9.17) is 0 Å². The minimum Gasteiger partial charge on any atom is -0.251 e. The van der Waals surface area contributed by atoms with Crippen molar-refractivity contribution in [2.45, 2.75) is 26.7 Å². The van der Waals surface area contributed by atoms with Gasteiger partial charge in [-0.25, -0.2) is 0 Å². The minimum absolute atomic E-state index is 0.215. The molecule has 0 aliphatic heterocycles. The van der Waals surface area contributed by atoms with Crippen molar-refractivity contribution in [2.75, 3.05) is 6.67 Å². The fourth-order valence-electron chi connectivity index (χ4n) is 1.23. The van der Waals surface area contributed by atoms with Gasteiger partial charge in [0.15, 0.2) is 0 Å². The Kier molecular flexibility index (Phi) is 3.27. The Balaban J connectivity index is 2.69. The Bertz CT molecular complexity index is 253. The van der Waals surface area contributed by atoms with E-state index < -0.39 is 0 Å². The van der Waals surface area contributed by atoms with E-state index in [2.05, 4.69) is 32.0 Å². The quantitative estimate of drug-likeness (QED) is 0.646. The van der Waals surface area contributed by atoms with Gasteiger partial charge in [-0.15, -0.1) is 0 Å². The zero-order chi connectivity index (χ0) is 8.97. The first kappa shape index (κ1) is 9.24. The molecule has 0 radical (unpaired) electrons. The van der Waals surface area contributed by atoms with E-state index in [1.54, 1.807) is 0 Å². The minimum atomic E-state index is -0.215. The molecule has 0 heterocycles. The summed E-state index contributed by atoms with van der Waals surface area (Å²) in [4.78, 5) is 0. The van der Waals surface area contributed by atoms with E-state index in [9.17, 15) is 4.39 Å². The Morgan fingerprint density at radius 3 is 2.50 bits per heavy atom. The van der Waals surface area contributed by atoms with E-state index >= 15 is 0 Å². The Morgan fingerprint density at radius 1 is 1.17 bits per heavy atom. The van der Waals surface area contributed by atoms with Crippen LogP contribution in [0.2, 0.25) is 0 Å². The second-order valence-electron chi connectivity index (χ2n) is 3.21. The van der Waals surface area contributed by atoms with Gasteiger partial charge in [-0.3, -0.25) is 4.39 Å². The molecule has 0 amide bonds. The van der Waals surface area contributed by atoms with Crippen LogP contribution in [0.5, 0.6) is 0 Å². The third kappa shape index (κ3) is 2.33. The van der Waals surface area contributed by atoms with Crippen molar-refractivity contribution in [2.24, 2.45) is 0 Å². The largest absolute Gasteiger partial charge is 0.251 e. The smallest absolute Gasteiger partial charge is 0.0897 e. The van der Waals surface area contributed by atoms with Crippen LogP contribution in [-0.2, 0) is 6.42 Å². The molecule has 66 valence electrons. The second-order valence-corrected chi connectivity index (χ2v) is 3.21. The molecule has 0 spiro atoms. The number of benzene rings is 1. The van der Waals surface area contributed by atoms with Crippen LogP contribution in [0.25, 0.3) is 0 Å². The van der Waals surface area contributed by atoms with Gasteiger partial charge in [0.25, 0.3) is 0 Å². The molecule has 0 aliphatic carbocycles. The maximum Gasteiger partial charge on any atom is 0.0897 e. The lowest BCUT2D eigenvalue weighted by molar-refractivity contribution is 0.473. The Hall–Kier alpha value is -0.850. The lowest BCUT2D eigenvalue weighted by Crippen LogP contribution is -1.89. The molecule has 1 aromatic carbocycles. The van der Waals surface area contributed by atoms with Crippen molar-refractivity contribution >= 4 is 0 Å². The van der Waals surface area contributed by atoms with Crippen molar-refractivity contribution in [1.82, 2.24) is 0 Å². The van der Waals surface area contributed by atoms with Crippen LogP contribution >= 0.6 is 0 Å². The number of rotatable bonds is 3. The lowest BCUT2D eigenvalue weighted by Gasteiger charge is -2.03. The topological polar surface area (TPSA) is 0 Å². The van der Waals surface area contributed by atoms with Gasteiger partial charge < -0.3 is 0 Å². The predicted molar refractivity (Wildman–Crippen MR) is 50.2 cm³/mol. The van der Waals surface area contributed by atoms with Crippen molar-refractivity contribution < 1.29 is 4.39 Å². The summed E-state index contributed by atoms with van der Waals surface area (Å²) in [6.07, 6.45) is 1.50. The summed E-state index contributed by atoms with van der Waals surface area (Å²) in [7, 11) is 0. The molecular weight excluding hydrogens is 151 g/mol. The van der Waals surface area contributed by atoms with Crippen LogP contribution in [-0.4, -0.2) is 6.67 Å². The molecule has 0 aliphatic rings. The fraction of sp³-hybridized carbons (Fsp3) is 0.455. The van der Waals surface area contributed by atoms with Gasteiger partial charge in [0.1, 0.15) is 0 Å². The predicted octanol–water partition coefficient (Wildman–Crippen LogP) is 3.21. The van der Waals surface area contributed by atoms with Gasteiger partial charge in [0.2, 0.25) is 0 Å². The third-order valence-corrected chi connectivity index (χ3v) is 2.17. The number of aryl methyl sites for hydroxylation is 3. The number of alkyl halides is 1. The molecule has 0 fully saturated rings. The number of halogens is 1. The van der Waals surface area contributed by atoms with Crippen LogP contribution in [0.4, 0.5) is 4.39 Å². The summed E-state index contributed by atoms with van der Waals surface area (Å²) in [5.41, 5.74) is 3.85. The van der Waals surface area contributed by atoms with E-state index in [-0.39, 0.29) is 6.67 Å². The molecular formula is C11H15F. The van der Waals surface area contributed by atoms with Crippen molar-refractivity contribution in [3.63, 3.8) is 0 Å². The summed E-state index contributed by atoms with van der Waals surface area (Å²) < 4.78 is 11.9. The van der Waals surface area contributed by atoms with Gasteiger partial charge >= 0.3 is 0 Å². The van der Waals surface area contributed by atoms with Crippen LogP contribution < -0.4 is 0 Å². The summed E-state index contributed by atoms with van der Waals surface area (Å²) in [5, 5.41) is 0. The summed E-state index contributed by atoms with van der Waals surface area (Å²) in [6, 6.07) is 6.33. The van der Waals surface area contributed by atoms with Crippen molar-refractivity contribution in [3.05, 3.63) is 34.9 Å².